The van der Waals surface area contributed by atoms with Gasteiger partial charge in [-0.05, 0) is 67.9 Å². The topological polar surface area (TPSA) is 88.8 Å². The van der Waals surface area contributed by atoms with Gasteiger partial charge in [0.1, 0.15) is 0 Å². The highest BCUT2D eigenvalue weighted by Crippen LogP contribution is 2.33. The third-order valence-corrected chi connectivity index (χ3v) is 6.27. The summed E-state index contributed by atoms with van der Waals surface area (Å²) in [6, 6.07) is 14.0. The van der Waals surface area contributed by atoms with Crippen molar-refractivity contribution in [1.29, 1.82) is 0 Å². The molecule has 0 saturated carbocycles. The van der Waals surface area contributed by atoms with Crippen LogP contribution in [0.4, 0.5) is 30.5 Å². The third-order valence-electron chi connectivity index (χ3n) is 6.27. The Morgan fingerprint density at radius 2 is 1.82 bits per heavy atom. The second kappa shape index (κ2) is 10.6. The first-order valence-electron chi connectivity index (χ1n) is 12.2. The second-order valence-corrected chi connectivity index (χ2v) is 9.18. The van der Waals surface area contributed by atoms with Crippen LogP contribution in [0.3, 0.4) is 0 Å². The van der Waals surface area contributed by atoms with E-state index < -0.39 is 17.6 Å². The minimum Gasteiger partial charge on any atom is -0.324 e. The SMILES string of the molecule is Cc1cn(-c2cc(C(=O)N(C)c3ccc(C)c(Nc4nccc(-c5cccnc5)n4)c3)cc(C(F)(F)F)c2)cn1. The molecule has 0 aliphatic rings. The van der Waals surface area contributed by atoms with E-state index in [4.69, 9.17) is 0 Å². The lowest BCUT2D eigenvalue weighted by atomic mass is 10.1. The number of anilines is 3. The van der Waals surface area contributed by atoms with Crippen molar-refractivity contribution in [1.82, 2.24) is 24.5 Å². The summed E-state index contributed by atoms with van der Waals surface area (Å²) in [4.78, 5) is 31.8. The van der Waals surface area contributed by atoms with E-state index in [1.807, 2.05) is 19.1 Å². The average molecular weight is 544 g/mol. The number of hydrogen-bond acceptors (Lipinski definition) is 6. The van der Waals surface area contributed by atoms with Crippen LogP contribution in [-0.2, 0) is 6.18 Å². The summed E-state index contributed by atoms with van der Waals surface area (Å²) in [7, 11) is 1.51. The predicted octanol–water partition coefficient (Wildman–Crippen LogP) is 6.38. The van der Waals surface area contributed by atoms with Crippen molar-refractivity contribution in [3.05, 3.63) is 108 Å². The molecule has 3 aromatic heterocycles. The Hall–Kier alpha value is -5.06. The van der Waals surface area contributed by atoms with Crippen molar-refractivity contribution < 1.29 is 18.0 Å². The summed E-state index contributed by atoms with van der Waals surface area (Å²) in [5.41, 5.74) is 3.26. The minimum absolute atomic E-state index is 0.110. The Kier molecular flexibility index (Phi) is 7.03. The molecule has 0 aliphatic heterocycles. The highest BCUT2D eigenvalue weighted by Gasteiger charge is 2.32. The van der Waals surface area contributed by atoms with Gasteiger partial charge in [-0.25, -0.2) is 15.0 Å². The molecule has 3 heterocycles. The predicted molar refractivity (Wildman–Crippen MR) is 146 cm³/mol. The number of rotatable bonds is 6. The number of carbonyl (C=O) groups is 1. The standard InChI is InChI=1S/C29H24F3N7O/c1-18-6-7-23(14-26(18)37-28-34-10-8-25(36-28)20-5-4-9-33-15-20)38(3)27(40)21-11-22(29(30,31)32)13-24(12-21)39-16-19(2)35-17-39/h4-17H,1-3H3,(H,34,36,37). The van der Waals surface area contributed by atoms with Gasteiger partial charge in [0.2, 0.25) is 5.95 Å². The lowest BCUT2D eigenvalue weighted by Crippen LogP contribution is -2.27. The maximum atomic E-state index is 13.7. The Bertz CT molecular complexity index is 1680. The Morgan fingerprint density at radius 1 is 1.00 bits per heavy atom. The van der Waals surface area contributed by atoms with Gasteiger partial charge < -0.3 is 14.8 Å². The fourth-order valence-electron chi connectivity index (χ4n) is 4.09. The molecule has 0 bridgehead atoms. The van der Waals surface area contributed by atoms with Crippen LogP contribution in [0.25, 0.3) is 16.9 Å². The van der Waals surface area contributed by atoms with Crippen molar-refractivity contribution in [2.24, 2.45) is 0 Å². The Labute approximate surface area is 228 Å². The van der Waals surface area contributed by atoms with Gasteiger partial charge in [0, 0.05) is 60.0 Å². The number of aryl methyl sites for hydroxylation is 2. The van der Waals surface area contributed by atoms with Crippen LogP contribution < -0.4 is 10.2 Å². The van der Waals surface area contributed by atoms with E-state index in [0.29, 0.717) is 28.7 Å². The molecular weight excluding hydrogens is 519 g/mol. The van der Waals surface area contributed by atoms with E-state index in [2.05, 4.69) is 25.3 Å². The normalized spacial score (nSPS) is 11.3. The quantitative estimate of drug-likeness (QED) is 0.267. The van der Waals surface area contributed by atoms with Crippen molar-refractivity contribution in [3.63, 3.8) is 0 Å². The first kappa shape index (κ1) is 26.5. The first-order valence-corrected chi connectivity index (χ1v) is 12.2. The number of imidazole rings is 1. The van der Waals surface area contributed by atoms with Crippen LogP contribution >= 0.6 is 0 Å². The molecule has 0 spiro atoms. The number of carbonyl (C=O) groups excluding carboxylic acids is 1. The lowest BCUT2D eigenvalue weighted by molar-refractivity contribution is -0.137. The number of alkyl halides is 3. The summed E-state index contributed by atoms with van der Waals surface area (Å²) in [5, 5.41) is 3.18. The van der Waals surface area contributed by atoms with Crippen molar-refractivity contribution >= 4 is 23.2 Å². The largest absolute Gasteiger partial charge is 0.416 e. The van der Waals surface area contributed by atoms with Gasteiger partial charge in [0.15, 0.2) is 0 Å². The summed E-state index contributed by atoms with van der Waals surface area (Å²) in [6.45, 7) is 3.61. The number of hydrogen-bond donors (Lipinski definition) is 1. The number of nitrogens with one attached hydrogen (secondary N) is 1. The highest BCUT2D eigenvalue weighted by atomic mass is 19.4. The van der Waals surface area contributed by atoms with Crippen LogP contribution in [0.2, 0.25) is 0 Å². The monoisotopic (exact) mass is 543 g/mol. The number of nitrogens with zero attached hydrogens (tertiary/aromatic N) is 6. The zero-order valence-electron chi connectivity index (χ0n) is 21.8. The molecule has 40 heavy (non-hydrogen) atoms. The molecule has 11 heteroatoms. The Balaban J connectivity index is 1.45. The number of benzene rings is 2. The fourth-order valence-corrected chi connectivity index (χ4v) is 4.09. The Morgan fingerprint density at radius 3 is 2.52 bits per heavy atom. The molecule has 0 unspecified atom stereocenters. The van der Waals surface area contributed by atoms with Crippen LogP contribution in [0.15, 0.2) is 85.7 Å². The van der Waals surface area contributed by atoms with E-state index in [-0.39, 0.29) is 11.3 Å². The fraction of sp³-hybridized carbons (Fsp3) is 0.138. The second-order valence-electron chi connectivity index (χ2n) is 9.18. The van der Waals surface area contributed by atoms with Gasteiger partial charge >= 0.3 is 6.18 Å². The maximum Gasteiger partial charge on any atom is 0.416 e. The van der Waals surface area contributed by atoms with Gasteiger partial charge in [-0.2, -0.15) is 13.2 Å². The van der Waals surface area contributed by atoms with Gasteiger partial charge in [-0.15, -0.1) is 0 Å². The minimum atomic E-state index is -4.63. The van der Waals surface area contributed by atoms with Crippen LogP contribution in [0, 0.1) is 13.8 Å². The molecule has 0 radical (unpaired) electrons. The zero-order chi connectivity index (χ0) is 28.4. The zero-order valence-corrected chi connectivity index (χ0v) is 21.8. The van der Waals surface area contributed by atoms with E-state index in [9.17, 15) is 18.0 Å². The first-order chi connectivity index (χ1) is 19.1. The van der Waals surface area contributed by atoms with E-state index in [0.717, 1.165) is 23.3 Å². The van der Waals surface area contributed by atoms with Crippen LogP contribution in [-0.4, -0.2) is 37.5 Å². The molecule has 2 aromatic carbocycles. The average Bonchev–Trinajstić information content (AvgIpc) is 3.39. The van der Waals surface area contributed by atoms with Gasteiger partial charge in [-0.3, -0.25) is 9.78 Å². The molecule has 8 nitrogen and oxygen atoms in total. The van der Waals surface area contributed by atoms with Crippen LogP contribution in [0.5, 0.6) is 0 Å². The molecule has 1 amide bonds. The lowest BCUT2D eigenvalue weighted by Gasteiger charge is -2.21. The molecule has 5 rings (SSSR count). The number of amides is 1. The van der Waals surface area contributed by atoms with E-state index in [1.54, 1.807) is 56.0 Å². The summed E-state index contributed by atoms with van der Waals surface area (Å²) < 4.78 is 42.6. The molecule has 5 aromatic rings. The summed E-state index contributed by atoms with van der Waals surface area (Å²) >= 11 is 0. The van der Waals surface area contributed by atoms with Crippen molar-refractivity contribution in [2.45, 2.75) is 20.0 Å². The van der Waals surface area contributed by atoms with Gasteiger partial charge in [0.25, 0.3) is 5.91 Å². The molecular formula is C29H24F3N7O. The summed E-state index contributed by atoms with van der Waals surface area (Å²) in [6.07, 6.45) is 3.37. The smallest absolute Gasteiger partial charge is 0.324 e. The molecule has 0 atom stereocenters. The molecule has 202 valence electrons. The number of pyridine rings is 1. The molecule has 0 saturated heterocycles. The van der Waals surface area contributed by atoms with Gasteiger partial charge in [0.05, 0.1) is 23.3 Å². The molecule has 0 aliphatic carbocycles. The number of aromatic nitrogens is 5. The van der Waals surface area contributed by atoms with E-state index in [1.165, 1.54) is 28.9 Å². The molecule has 1 N–H and O–H groups in total. The van der Waals surface area contributed by atoms with Crippen LogP contribution in [0.1, 0.15) is 27.2 Å². The van der Waals surface area contributed by atoms with Crippen molar-refractivity contribution in [3.8, 4) is 16.9 Å². The number of halogens is 3. The van der Waals surface area contributed by atoms with Crippen molar-refractivity contribution in [2.75, 3.05) is 17.3 Å². The highest BCUT2D eigenvalue weighted by molar-refractivity contribution is 6.06. The summed E-state index contributed by atoms with van der Waals surface area (Å²) in [5.74, 6) is -0.262. The van der Waals surface area contributed by atoms with Gasteiger partial charge in [-0.1, -0.05) is 6.07 Å². The molecule has 0 fully saturated rings. The third kappa shape index (κ3) is 5.68. The maximum absolute atomic E-state index is 13.7. The van der Waals surface area contributed by atoms with E-state index >= 15 is 0 Å².